The third-order valence-electron chi connectivity index (χ3n) is 4.75. The first-order chi connectivity index (χ1) is 12.9. The number of likely N-dealkylation sites (N-methyl/N-ethyl adjacent to an activating group) is 1. The molecule has 2 atom stereocenters. The third kappa shape index (κ3) is 4.53. The van der Waals surface area contributed by atoms with E-state index in [0.717, 1.165) is 0 Å². The van der Waals surface area contributed by atoms with Crippen LogP contribution in [0.25, 0.3) is 0 Å². The van der Waals surface area contributed by atoms with Crippen molar-refractivity contribution in [3.05, 3.63) is 24.3 Å². The highest BCUT2D eigenvalue weighted by Crippen LogP contribution is 2.31. The average Bonchev–Trinajstić information content (AvgIpc) is 2.68. The van der Waals surface area contributed by atoms with Crippen molar-refractivity contribution in [1.29, 1.82) is 0 Å². The van der Waals surface area contributed by atoms with Gasteiger partial charge in [0.1, 0.15) is 12.7 Å². The van der Waals surface area contributed by atoms with Gasteiger partial charge in [-0.15, -0.1) is 0 Å². The zero-order valence-electron chi connectivity index (χ0n) is 15.7. The third-order valence-corrected chi connectivity index (χ3v) is 6.67. The number of carbonyl (C=O) groups is 1. The van der Waals surface area contributed by atoms with Crippen molar-refractivity contribution in [2.45, 2.75) is 25.9 Å². The Kier molecular flexibility index (Phi) is 6.23. The number of hydrogen-bond donors (Lipinski definition) is 0. The molecule has 9 heteroatoms. The van der Waals surface area contributed by atoms with Crippen molar-refractivity contribution in [1.82, 2.24) is 8.61 Å². The summed E-state index contributed by atoms with van der Waals surface area (Å²) in [4.78, 5) is 12.0. The first-order valence-corrected chi connectivity index (χ1v) is 10.6. The SMILES string of the molecule is CCOC(=O)[C@@H]1CCCN(S(=O)(=O)N(C)C[C@H]2COc3ccccc3O2)C1. The molecular weight excluding hydrogens is 372 g/mol. The van der Waals surface area contributed by atoms with Crippen LogP contribution in [0, 0.1) is 5.92 Å². The van der Waals surface area contributed by atoms with Crippen LogP contribution in [0.4, 0.5) is 0 Å². The van der Waals surface area contributed by atoms with Gasteiger partial charge in [-0.3, -0.25) is 4.79 Å². The summed E-state index contributed by atoms with van der Waals surface area (Å²) in [5, 5.41) is 0. The molecule has 3 rings (SSSR count). The van der Waals surface area contributed by atoms with Crippen molar-refractivity contribution >= 4 is 16.2 Å². The standard InChI is InChI=1S/C18H26N2O6S/c1-3-24-18(21)14-7-6-10-20(11-14)27(22,23)19(2)12-15-13-25-16-8-4-5-9-17(16)26-15/h4-5,8-9,14-15H,3,6-7,10-13H2,1-2H3/t14-,15+/m1/s1. The number of ether oxygens (including phenoxy) is 3. The molecule has 1 aromatic rings. The van der Waals surface area contributed by atoms with Crippen molar-refractivity contribution in [2.75, 3.05) is 39.9 Å². The molecule has 0 aliphatic carbocycles. The summed E-state index contributed by atoms with van der Waals surface area (Å²) in [5.41, 5.74) is 0. The van der Waals surface area contributed by atoms with Gasteiger partial charge in [-0.25, -0.2) is 0 Å². The minimum Gasteiger partial charge on any atom is -0.486 e. The lowest BCUT2D eigenvalue weighted by Gasteiger charge is -2.35. The molecule has 1 saturated heterocycles. The van der Waals surface area contributed by atoms with Gasteiger partial charge in [-0.1, -0.05) is 12.1 Å². The topological polar surface area (TPSA) is 85.4 Å². The number of piperidine rings is 1. The van der Waals surface area contributed by atoms with Crippen molar-refractivity contribution in [2.24, 2.45) is 5.92 Å². The van der Waals surface area contributed by atoms with Crippen LogP contribution in [-0.4, -0.2) is 69.0 Å². The second-order valence-electron chi connectivity index (χ2n) is 6.74. The summed E-state index contributed by atoms with van der Waals surface area (Å²) in [6, 6.07) is 7.31. The van der Waals surface area contributed by atoms with E-state index in [1.807, 2.05) is 18.2 Å². The molecule has 150 valence electrons. The van der Waals surface area contributed by atoms with Gasteiger partial charge in [0.25, 0.3) is 10.2 Å². The van der Waals surface area contributed by atoms with Gasteiger partial charge < -0.3 is 14.2 Å². The van der Waals surface area contributed by atoms with Gasteiger partial charge in [0, 0.05) is 20.1 Å². The predicted octanol–water partition coefficient (Wildman–Crippen LogP) is 1.28. The first-order valence-electron chi connectivity index (χ1n) is 9.18. The van der Waals surface area contributed by atoms with Gasteiger partial charge in [-0.2, -0.15) is 17.0 Å². The van der Waals surface area contributed by atoms with Crippen LogP contribution in [0.2, 0.25) is 0 Å². The van der Waals surface area contributed by atoms with E-state index in [1.165, 1.54) is 15.7 Å². The summed E-state index contributed by atoms with van der Waals surface area (Å²) >= 11 is 0. The first kappa shape index (κ1) is 19.9. The molecule has 27 heavy (non-hydrogen) atoms. The second kappa shape index (κ2) is 8.45. The van der Waals surface area contributed by atoms with Crippen molar-refractivity contribution in [3.8, 4) is 11.5 Å². The van der Waals surface area contributed by atoms with E-state index in [-0.39, 0.29) is 25.7 Å². The highest BCUT2D eigenvalue weighted by atomic mass is 32.2. The molecule has 0 N–H and O–H groups in total. The van der Waals surface area contributed by atoms with Crippen LogP contribution in [0.5, 0.6) is 11.5 Å². The Bertz CT molecular complexity index is 769. The van der Waals surface area contributed by atoms with E-state index in [4.69, 9.17) is 14.2 Å². The minimum atomic E-state index is -3.70. The van der Waals surface area contributed by atoms with E-state index in [2.05, 4.69) is 0 Å². The summed E-state index contributed by atoms with van der Waals surface area (Å²) in [5.74, 6) is 0.524. The van der Waals surface area contributed by atoms with Crippen LogP contribution in [0.1, 0.15) is 19.8 Å². The second-order valence-corrected chi connectivity index (χ2v) is 8.77. The summed E-state index contributed by atoms with van der Waals surface area (Å²) in [6.45, 7) is 3.03. The Hall–Kier alpha value is -1.84. The Labute approximate surface area is 160 Å². The minimum absolute atomic E-state index is 0.149. The fourth-order valence-electron chi connectivity index (χ4n) is 3.34. The Morgan fingerprint density at radius 1 is 1.33 bits per heavy atom. The fraction of sp³-hybridized carbons (Fsp3) is 0.611. The van der Waals surface area contributed by atoms with Gasteiger partial charge in [0.15, 0.2) is 11.5 Å². The molecule has 1 aromatic carbocycles. The Morgan fingerprint density at radius 2 is 2.07 bits per heavy atom. The number of fused-ring (bicyclic) bond motifs is 1. The summed E-state index contributed by atoms with van der Waals surface area (Å²) in [7, 11) is -2.18. The molecule has 0 spiro atoms. The number of hydrogen-bond acceptors (Lipinski definition) is 6. The van der Waals surface area contributed by atoms with Crippen LogP contribution in [0.3, 0.4) is 0 Å². The highest BCUT2D eigenvalue weighted by Gasteiger charge is 2.36. The van der Waals surface area contributed by atoms with E-state index >= 15 is 0 Å². The van der Waals surface area contributed by atoms with Crippen LogP contribution < -0.4 is 9.47 Å². The van der Waals surface area contributed by atoms with Gasteiger partial charge in [0.05, 0.1) is 19.1 Å². The number of benzene rings is 1. The number of rotatable bonds is 6. The zero-order chi connectivity index (χ0) is 19.4. The van der Waals surface area contributed by atoms with Gasteiger partial charge in [-0.05, 0) is 31.9 Å². The molecular formula is C18H26N2O6S. The van der Waals surface area contributed by atoms with Crippen LogP contribution in [0.15, 0.2) is 24.3 Å². The number of nitrogens with zero attached hydrogens (tertiary/aromatic N) is 2. The normalized spacial score (nSPS) is 23.2. The number of carbonyl (C=O) groups excluding carboxylic acids is 1. The molecule has 8 nitrogen and oxygen atoms in total. The molecule has 0 radical (unpaired) electrons. The van der Waals surface area contributed by atoms with Gasteiger partial charge >= 0.3 is 5.97 Å². The van der Waals surface area contributed by atoms with E-state index in [9.17, 15) is 13.2 Å². The quantitative estimate of drug-likeness (QED) is 0.671. The van der Waals surface area contributed by atoms with Crippen molar-refractivity contribution < 1.29 is 27.4 Å². The molecule has 2 heterocycles. The fourth-order valence-corrected chi connectivity index (χ4v) is 4.81. The molecule has 2 aliphatic rings. The largest absolute Gasteiger partial charge is 0.486 e. The van der Waals surface area contributed by atoms with Crippen molar-refractivity contribution in [3.63, 3.8) is 0 Å². The highest BCUT2D eigenvalue weighted by molar-refractivity contribution is 7.86. The molecule has 0 saturated carbocycles. The summed E-state index contributed by atoms with van der Waals surface area (Å²) < 4.78 is 45.0. The lowest BCUT2D eigenvalue weighted by molar-refractivity contribution is -0.149. The monoisotopic (exact) mass is 398 g/mol. The maximum Gasteiger partial charge on any atom is 0.310 e. The molecule has 2 aliphatic heterocycles. The summed E-state index contributed by atoms with van der Waals surface area (Å²) in [6.07, 6.45) is 0.878. The molecule has 0 amide bonds. The Balaban J connectivity index is 1.62. The van der Waals surface area contributed by atoms with Crippen LogP contribution >= 0.6 is 0 Å². The maximum atomic E-state index is 12.9. The van der Waals surface area contributed by atoms with E-state index in [0.29, 0.717) is 37.5 Å². The molecule has 0 aromatic heterocycles. The number of esters is 1. The molecule has 0 unspecified atom stereocenters. The molecule has 0 bridgehead atoms. The zero-order valence-corrected chi connectivity index (χ0v) is 16.5. The Morgan fingerprint density at radius 3 is 2.81 bits per heavy atom. The molecule has 1 fully saturated rings. The lowest BCUT2D eigenvalue weighted by atomic mass is 10.0. The lowest BCUT2D eigenvalue weighted by Crippen LogP contribution is -2.51. The van der Waals surface area contributed by atoms with E-state index < -0.39 is 22.2 Å². The predicted molar refractivity (Wildman–Crippen MR) is 98.8 cm³/mol. The average molecular weight is 398 g/mol. The maximum absolute atomic E-state index is 12.9. The van der Waals surface area contributed by atoms with E-state index in [1.54, 1.807) is 13.0 Å². The van der Waals surface area contributed by atoms with Crippen LogP contribution in [-0.2, 0) is 19.7 Å². The van der Waals surface area contributed by atoms with Gasteiger partial charge in [0.2, 0.25) is 0 Å². The smallest absolute Gasteiger partial charge is 0.310 e. The number of para-hydroxylation sites is 2.